The molecule has 1 saturated heterocycles. The summed E-state index contributed by atoms with van der Waals surface area (Å²) in [6.07, 6.45) is 7.06. The number of pyridine rings is 1. The topological polar surface area (TPSA) is 74.6 Å². The van der Waals surface area contributed by atoms with Crippen LogP contribution in [0.15, 0.2) is 23.0 Å². The Kier molecular flexibility index (Phi) is 5.43. The molecule has 1 saturated carbocycles. The number of nitrogens with zero attached hydrogens (tertiary/aromatic N) is 2. The van der Waals surface area contributed by atoms with Crippen molar-refractivity contribution < 1.29 is 9.90 Å². The van der Waals surface area contributed by atoms with Gasteiger partial charge in [0.05, 0.1) is 12.0 Å². The number of nitrogens with one attached hydrogen (secondary N) is 1. The summed E-state index contributed by atoms with van der Waals surface area (Å²) in [6.45, 7) is 6.13. The Hall–Kier alpha value is -1.92. The highest BCUT2D eigenvalue weighted by molar-refractivity contribution is 5.80. The molecule has 6 heteroatoms. The number of carbonyl (C=O) groups is 1. The summed E-state index contributed by atoms with van der Waals surface area (Å²) in [4.78, 5) is 28.5. The van der Waals surface area contributed by atoms with Crippen LogP contribution in [-0.2, 0) is 11.3 Å². The molecular formula is C22H31N3O3. The molecule has 6 nitrogen and oxygen atoms in total. The van der Waals surface area contributed by atoms with E-state index in [1.165, 1.54) is 12.8 Å². The molecule has 1 amide bonds. The molecule has 3 aliphatic rings. The third-order valence-corrected chi connectivity index (χ3v) is 6.59. The molecule has 0 spiro atoms. The second-order valence-electron chi connectivity index (χ2n) is 8.44. The molecule has 2 N–H and O–H groups in total. The van der Waals surface area contributed by atoms with Gasteiger partial charge in [-0.2, -0.15) is 0 Å². The first kappa shape index (κ1) is 19.4. The average Bonchev–Trinajstić information content (AvgIpc) is 3.48. The maximum atomic E-state index is 13.2. The van der Waals surface area contributed by atoms with Crippen LogP contribution in [-0.4, -0.2) is 46.2 Å². The summed E-state index contributed by atoms with van der Waals surface area (Å²) < 4.78 is 1.84. The zero-order valence-corrected chi connectivity index (χ0v) is 16.8. The number of rotatable bonds is 7. The second-order valence-corrected chi connectivity index (χ2v) is 8.44. The smallest absolute Gasteiger partial charge is 0.258 e. The van der Waals surface area contributed by atoms with Crippen molar-refractivity contribution in [3.05, 3.63) is 39.8 Å². The van der Waals surface area contributed by atoms with E-state index in [1.807, 2.05) is 35.8 Å². The normalized spacial score (nSPS) is 29.2. The third kappa shape index (κ3) is 3.22. The van der Waals surface area contributed by atoms with Crippen LogP contribution in [0.1, 0.15) is 50.4 Å². The zero-order chi connectivity index (χ0) is 19.8. The summed E-state index contributed by atoms with van der Waals surface area (Å²) in [5, 5.41) is 13.3. The SMILES string of the molecule is C/C=C/c1ccc2n(c1=O)C[C@@H]1[C@@H](CO)[C@H](C(=O)NCC3CC3)[C@H]2N1CCC. The molecule has 2 aliphatic heterocycles. The van der Waals surface area contributed by atoms with Crippen molar-refractivity contribution in [3.8, 4) is 0 Å². The van der Waals surface area contributed by atoms with Crippen LogP contribution in [0.3, 0.4) is 0 Å². The first-order valence-electron chi connectivity index (χ1n) is 10.6. The van der Waals surface area contributed by atoms with Crippen molar-refractivity contribution >= 4 is 12.0 Å². The van der Waals surface area contributed by atoms with E-state index in [-0.39, 0.29) is 42.0 Å². The highest BCUT2D eigenvalue weighted by atomic mass is 16.3. The lowest BCUT2D eigenvalue weighted by atomic mass is 9.86. The van der Waals surface area contributed by atoms with E-state index in [0.29, 0.717) is 18.0 Å². The first-order valence-corrected chi connectivity index (χ1v) is 10.6. The minimum absolute atomic E-state index is 0.00234. The minimum atomic E-state index is -0.319. The van der Waals surface area contributed by atoms with Crippen LogP contribution in [0.25, 0.3) is 6.08 Å². The molecule has 0 radical (unpaired) electrons. The Bertz CT molecular complexity index is 827. The minimum Gasteiger partial charge on any atom is -0.396 e. The van der Waals surface area contributed by atoms with Gasteiger partial charge in [-0.25, -0.2) is 0 Å². The van der Waals surface area contributed by atoms with E-state index in [0.717, 1.165) is 25.2 Å². The van der Waals surface area contributed by atoms with Gasteiger partial charge in [0.2, 0.25) is 5.91 Å². The third-order valence-electron chi connectivity index (χ3n) is 6.59. The van der Waals surface area contributed by atoms with Gasteiger partial charge in [-0.3, -0.25) is 14.5 Å². The fourth-order valence-electron chi connectivity index (χ4n) is 5.10. The summed E-state index contributed by atoms with van der Waals surface area (Å²) in [5.41, 5.74) is 1.58. The van der Waals surface area contributed by atoms with E-state index < -0.39 is 0 Å². The van der Waals surface area contributed by atoms with Crippen LogP contribution >= 0.6 is 0 Å². The van der Waals surface area contributed by atoms with Crippen molar-refractivity contribution in [2.24, 2.45) is 17.8 Å². The molecule has 28 heavy (non-hydrogen) atoms. The van der Waals surface area contributed by atoms with Crippen molar-refractivity contribution in [1.29, 1.82) is 0 Å². The van der Waals surface area contributed by atoms with Crippen molar-refractivity contribution in [2.45, 2.75) is 51.7 Å². The van der Waals surface area contributed by atoms with Gasteiger partial charge in [0.1, 0.15) is 0 Å². The molecule has 152 valence electrons. The summed E-state index contributed by atoms with van der Waals surface area (Å²) >= 11 is 0. The van der Waals surface area contributed by atoms with E-state index in [1.54, 1.807) is 0 Å². The maximum Gasteiger partial charge on any atom is 0.258 e. The number of carbonyl (C=O) groups excluding carboxylic acids is 1. The Morgan fingerprint density at radius 2 is 2.14 bits per heavy atom. The Labute approximate surface area is 166 Å². The monoisotopic (exact) mass is 385 g/mol. The van der Waals surface area contributed by atoms with Crippen LogP contribution in [0, 0.1) is 17.8 Å². The molecule has 4 atom stereocenters. The van der Waals surface area contributed by atoms with E-state index >= 15 is 0 Å². The number of fused-ring (bicyclic) bond motifs is 4. The summed E-state index contributed by atoms with van der Waals surface area (Å²) in [7, 11) is 0. The van der Waals surface area contributed by atoms with Gasteiger partial charge in [0.15, 0.2) is 0 Å². The number of aliphatic hydroxyl groups is 1. The Balaban J connectivity index is 1.74. The van der Waals surface area contributed by atoms with Gasteiger partial charge in [-0.15, -0.1) is 0 Å². The quantitative estimate of drug-likeness (QED) is 0.750. The highest BCUT2D eigenvalue weighted by Gasteiger charge is 2.55. The zero-order valence-electron chi connectivity index (χ0n) is 16.8. The number of amides is 1. The lowest BCUT2D eigenvalue weighted by molar-refractivity contribution is -0.127. The molecule has 1 aromatic heterocycles. The predicted molar refractivity (Wildman–Crippen MR) is 109 cm³/mol. The van der Waals surface area contributed by atoms with Crippen LogP contribution in [0.2, 0.25) is 0 Å². The van der Waals surface area contributed by atoms with Gasteiger partial charge in [-0.05, 0) is 50.8 Å². The Morgan fingerprint density at radius 1 is 1.36 bits per heavy atom. The Morgan fingerprint density at radius 3 is 2.79 bits per heavy atom. The molecule has 0 unspecified atom stereocenters. The van der Waals surface area contributed by atoms with Crippen LogP contribution in [0.4, 0.5) is 0 Å². The first-order chi connectivity index (χ1) is 13.6. The molecule has 4 rings (SSSR count). The fraction of sp³-hybridized carbons (Fsp3) is 0.636. The maximum absolute atomic E-state index is 13.2. The molecule has 2 fully saturated rings. The van der Waals surface area contributed by atoms with E-state index in [2.05, 4.69) is 17.1 Å². The van der Waals surface area contributed by atoms with Crippen molar-refractivity contribution in [2.75, 3.05) is 19.7 Å². The van der Waals surface area contributed by atoms with Gasteiger partial charge in [-0.1, -0.05) is 19.1 Å². The largest absolute Gasteiger partial charge is 0.396 e. The lowest BCUT2D eigenvalue weighted by Crippen LogP contribution is -2.47. The number of aliphatic hydroxyl groups excluding tert-OH is 1. The van der Waals surface area contributed by atoms with Gasteiger partial charge in [0.25, 0.3) is 5.56 Å². The fourth-order valence-corrected chi connectivity index (χ4v) is 5.10. The standard InChI is InChI=1S/C22H31N3O3/c1-3-5-15-8-9-17-20-19(21(27)23-11-14-6-7-14)16(13-26)18(24(20)10-4-2)12-25(17)22(15)28/h3,5,8-9,14,16,18-20,26H,4,6-7,10-13H2,1-2H3,(H,23,27)/b5-3+/t16-,18-,19+,20+/m1/s1. The summed E-state index contributed by atoms with van der Waals surface area (Å²) in [6, 6.07) is 3.73. The number of allylic oxidation sites excluding steroid dienone is 1. The van der Waals surface area contributed by atoms with Gasteiger partial charge < -0.3 is 15.0 Å². The number of hydrogen-bond donors (Lipinski definition) is 2. The number of aromatic nitrogens is 1. The van der Waals surface area contributed by atoms with Crippen LogP contribution in [0.5, 0.6) is 0 Å². The highest BCUT2D eigenvalue weighted by Crippen LogP contribution is 2.48. The summed E-state index contributed by atoms with van der Waals surface area (Å²) in [5.74, 6) is 0.168. The average molecular weight is 386 g/mol. The van der Waals surface area contributed by atoms with Crippen molar-refractivity contribution in [3.63, 3.8) is 0 Å². The molecule has 0 aromatic carbocycles. The van der Waals surface area contributed by atoms with Crippen LogP contribution < -0.4 is 10.9 Å². The van der Waals surface area contributed by atoms with E-state index in [4.69, 9.17) is 0 Å². The van der Waals surface area contributed by atoms with E-state index in [9.17, 15) is 14.7 Å². The lowest BCUT2D eigenvalue weighted by Gasteiger charge is -2.38. The van der Waals surface area contributed by atoms with Gasteiger partial charge >= 0.3 is 0 Å². The van der Waals surface area contributed by atoms with Crippen molar-refractivity contribution in [1.82, 2.24) is 14.8 Å². The molecule has 2 bridgehead atoms. The van der Waals surface area contributed by atoms with Gasteiger partial charge in [0, 0.05) is 42.9 Å². The number of hydrogen-bond acceptors (Lipinski definition) is 4. The predicted octanol–water partition coefficient (Wildman–Crippen LogP) is 1.78. The molecule has 1 aromatic rings. The molecular weight excluding hydrogens is 354 g/mol. The second kappa shape index (κ2) is 7.84. The molecule has 1 aliphatic carbocycles. The molecule has 3 heterocycles.